The fourth-order valence-electron chi connectivity index (χ4n) is 5.86. The quantitative estimate of drug-likeness (QED) is 0.831. The Kier molecular flexibility index (Phi) is 3.58. The van der Waals surface area contributed by atoms with Gasteiger partial charge >= 0.3 is 0 Å². The molecule has 2 heteroatoms. The Hall–Kier alpha value is -0.0800. The predicted molar refractivity (Wildman–Crippen MR) is 83.8 cm³/mol. The Labute approximate surface area is 124 Å². The van der Waals surface area contributed by atoms with Gasteiger partial charge in [-0.1, -0.05) is 19.3 Å². The van der Waals surface area contributed by atoms with Crippen LogP contribution in [0.3, 0.4) is 0 Å². The molecule has 1 aliphatic heterocycles. The molecule has 4 unspecified atom stereocenters. The molecular weight excluding hydrogens is 244 g/mol. The summed E-state index contributed by atoms with van der Waals surface area (Å²) in [6, 6.07) is 0.793. The van der Waals surface area contributed by atoms with E-state index >= 15 is 0 Å². The molecule has 3 saturated carbocycles. The summed E-state index contributed by atoms with van der Waals surface area (Å²) in [7, 11) is 0. The van der Waals surface area contributed by atoms with Crippen molar-refractivity contribution < 1.29 is 0 Å². The zero-order chi connectivity index (χ0) is 13.6. The Bertz CT molecular complexity index is 347. The minimum Gasteiger partial charge on any atom is -0.310 e. The van der Waals surface area contributed by atoms with Crippen molar-refractivity contribution >= 4 is 0 Å². The summed E-state index contributed by atoms with van der Waals surface area (Å²) >= 11 is 0. The topological polar surface area (TPSA) is 15.3 Å². The van der Waals surface area contributed by atoms with E-state index < -0.39 is 0 Å². The van der Waals surface area contributed by atoms with E-state index in [0.29, 0.717) is 5.54 Å². The van der Waals surface area contributed by atoms with Crippen molar-refractivity contribution in [1.82, 2.24) is 10.2 Å². The van der Waals surface area contributed by atoms with E-state index in [1.165, 1.54) is 51.7 Å². The van der Waals surface area contributed by atoms with Gasteiger partial charge in [-0.3, -0.25) is 4.90 Å². The van der Waals surface area contributed by atoms with Gasteiger partial charge in [-0.05, 0) is 69.7 Å². The number of fused-ring (bicyclic) bond motifs is 2. The maximum absolute atomic E-state index is 3.93. The summed E-state index contributed by atoms with van der Waals surface area (Å²) in [5, 5.41) is 3.93. The van der Waals surface area contributed by atoms with Crippen LogP contribution in [0.15, 0.2) is 0 Å². The van der Waals surface area contributed by atoms with Crippen LogP contribution in [0.1, 0.15) is 64.7 Å². The summed E-state index contributed by atoms with van der Waals surface area (Å²) < 4.78 is 0. The third-order valence-electron chi connectivity index (χ3n) is 7.11. The van der Waals surface area contributed by atoms with Crippen LogP contribution < -0.4 is 5.32 Å². The van der Waals surface area contributed by atoms with E-state index in [4.69, 9.17) is 0 Å². The first-order valence-corrected chi connectivity index (χ1v) is 9.23. The van der Waals surface area contributed by atoms with Gasteiger partial charge in [-0.2, -0.15) is 0 Å². The second-order valence-electron chi connectivity index (χ2n) is 8.42. The normalized spacial score (nSPS) is 44.2. The van der Waals surface area contributed by atoms with Crippen LogP contribution >= 0.6 is 0 Å². The van der Waals surface area contributed by atoms with Crippen LogP contribution in [0.5, 0.6) is 0 Å². The number of hydrogen-bond donors (Lipinski definition) is 1. The van der Waals surface area contributed by atoms with Crippen LogP contribution in [0.2, 0.25) is 0 Å². The van der Waals surface area contributed by atoms with Gasteiger partial charge in [0.1, 0.15) is 0 Å². The molecule has 0 aromatic rings. The van der Waals surface area contributed by atoms with Crippen molar-refractivity contribution in [2.24, 2.45) is 17.8 Å². The predicted octanol–water partition coefficient (Wildman–Crippen LogP) is 3.42. The highest BCUT2D eigenvalue weighted by atomic mass is 15.2. The fraction of sp³-hybridized carbons (Fsp3) is 1.00. The lowest BCUT2D eigenvalue weighted by molar-refractivity contribution is 0.124. The molecule has 0 radical (unpaired) electrons. The summed E-state index contributed by atoms with van der Waals surface area (Å²) in [5.41, 5.74) is 0.488. The van der Waals surface area contributed by atoms with Gasteiger partial charge in [0.25, 0.3) is 0 Å². The molecule has 4 atom stereocenters. The zero-order valence-electron chi connectivity index (χ0n) is 13.2. The van der Waals surface area contributed by atoms with E-state index in [-0.39, 0.29) is 0 Å². The molecule has 20 heavy (non-hydrogen) atoms. The van der Waals surface area contributed by atoms with Crippen molar-refractivity contribution in [2.45, 2.75) is 76.3 Å². The standard InChI is InChI=1S/C18H32N2/c1-14-6-9-19-18(7-2-3-8-18)13-20(14)12-17-11-15-4-5-16(17)10-15/h14-17,19H,2-13H2,1H3. The summed E-state index contributed by atoms with van der Waals surface area (Å²) in [5.74, 6) is 3.22. The molecule has 4 fully saturated rings. The van der Waals surface area contributed by atoms with Gasteiger partial charge in [0.2, 0.25) is 0 Å². The van der Waals surface area contributed by atoms with Crippen LogP contribution in [0.25, 0.3) is 0 Å². The van der Waals surface area contributed by atoms with Crippen LogP contribution in [0.4, 0.5) is 0 Å². The average Bonchev–Trinajstić information content (AvgIpc) is 3.12. The average molecular weight is 276 g/mol. The fourth-order valence-corrected chi connectivity index (χ4v) is 5.86. The highest BCUT2D eigenvalue weighted by Crippen LogP contribution is 2.49. The smallest absolute Gasteiger partial charge is 0.0308 e. The van der Waals surface area contributed by atoms with Crippen LogP contribution in [-0.4, -0.2) is 36.1 Å². The maximum Gasteiger partial charge on any atom is 0.0308 e. The Morgan fingerprint density at radius 1 is 1.10 bits per heavy atom. The van der Waals surface area contributed by atoms with Crippen LogP contribution in [0, 0.1) is 17.8 Å². The Morgan fingerprint density at radius 3 is 2.65 bits per heavy atom. The SMILES string of the molecule is CC1CCNC2(CCCC2)CN1CC1CC2CCC1C2. The van der Waals surface area contributed by atoms with Crippen molar-refractivity contribution in [1.29, 1.82) is 0 Å². The third kappa shape index (κ3) is 2.43. The summed E-state index contributed by atoms with van der Waals surface area (Å²) in [6.45, 7) is 6.46. The van der Waals surface area contributed by atoms with Gasteiger partial charge in [0, 0.05) is 24.7 Å². The van der Waals surface area contributed by atoms with Crippen LogP contribution in [-0.2, 0) is 0 Å². The second kappa shape index (κ2) is 5.28. The number of nitrogens with zero attached hydrogens (tertiary/aromatic N) is 1. The molecule has 0 aromatic carbocycles. The molecule has 2 bridgehead atoms. The first-order chi connectivity index (χ1) is 9.74. The molecule has 3 aliphatic carbocycles. The molecule has 4 aliphatic rings. The summed E-state index contributed by atoms with van der Waals surface area (Å²) in [6.07, 6.45) is 13.3. The number of hydrogen-bond acceptors (Lipinski definition) is 2. The van der Waals surface area contributed by atoms with Gasteiger partial charge in [-0.25, -0.2) is 0 Å². The first kappa shape index (κ1) is 13.6. The van der Waals surface area contributed by atoms with Crippen molar-refractivity contribution in [3.63, 3.8) is 0 Å². The molecule has 114 valence electrons. The van der Waals surface area contributed by atoms with Gasteiger partial charge in [0.05, 0.1) is 0 Å². The van der Waals surface area contributed by atoms with Crippen molar-refractivity contribution in [2.75, 3.05) is 19.6 Å². The monoisotopic (exact) mass is 276 g/mol. The number of rotatable bonds is 2. The molecule has 4 rings (SSSR count). The van der Waals surface area contributed by atoms with Crippen molar-refractivity contribution in [3.8, 4) is 0 Å². The molecular formula is C18H32N2. The lowest BCUT2D eigenvalue weighted by atomic mass is 9.87. The van der Waals surface area contributed by atoms with E-state index in [1.807, 2.05) is 0 Å². The minimum absolute atomic E-state index is 0.488. The largest absolute Gasteiger partial charge is 0.310 e. The van der Waals surface area contributed by atoms with E-state index in [2.05, 4.69) is 17.1 Å². The van der Waals surface area contributed by atoms with Crippen molar-refractivity contribution in [3.05, 3.63) is 0 Å². The zero-order valence-corrected chi connectivity index (χ0v) is 13.2. The minimum atomic E-state index is 0.488. The Morgan fingerprint density at radius 2 is 1.95 bits per heavy atom. The first-order valence-electron chi connectivity index (χ1n) is 9.23. The molecule has 1 saturated heterocycles. The maximum atomic E-state index is 3.93. The Balaban J connectivity index is 1.44. The molecule has 2 nitrogen and oxygen atoms in total. The summed E-state index contributed by atoms with van der Waals surface area (Å²) in [4.78, 5) is 2.89. The second-order valence-corrected chi connectivity index (χ2v) is 8.42. The van der Waals surface area contributed by atoms with E-state index in [0.717, 1.165) is 23.8 Å². The van der Waals surface area contributed by atoms with Gasteiger partial charge in [0.15, 0.2) is 0 Å². The molecule has 0 amide bonds. The van der Waals surface area contributed by atoms with Gasteiger partial charge < -0.3 is 5.32 Å². The molecule has 1 spiro atoms. The van der Waals surface area contributed by atoms with Gasteiger partial charge in [-0.15, -0.1) is 0 Å². The van der Waals surface area contributed by atoms with E-state index in [9.17, 15) is 0 Å². The lowest BCUT2D eigenvalue weighted by Crippen LogP contribution is -2.51. The molecule has 0 aromatic heterocycles. The molecule has 1 N–H and O–H groups in total. The van der Waals surface area contributed by atoms with E-state index in [1.54, 1.807) is 25.7 Å². The highest BCUT2D eigenvalue weighted by molar-refractivity contribution is 5.00. The highest BCUT2D eigenvalue weighted by Gasteiger charge is 2.43. The molecule has 1 heterocycles. The third-order valence-corrected chi connectivity index (χ3v) is 7.11. The number of nitrogens with one attached hydrogen (secondary N) is 1. The lowest BCUT2D eigenvalue weighted by Gasteiger charge is -2.38.